The lowest BCUT2D eigenvalue weighted by Crippen LogP contribution is -2.18. The van der Waals surface area contributed by atoms with Gasteiger partial charge in [0.25, 0.3) is 5.56 Å². The molecule has 1 aromatic heterocycles. The van der Waals surface area contributed by atoms with Crippen LogP contribution in [-0.2, 0) is 0 Å². The highest BCUT2D eigenvalue weighted by Gasteiger charge is 1.94. The Balaban J connectivity index is 2.36. The van der Waals surface area contributed by atoms with E-state index in [1.165, 1.54) is 6.21 Å². The first-order valence-electron chi connectivity index (χ1n) is 4.63. The maximum absolute atomic E-state index is 11.4. The van der Waals surface area contributed by atoms with Gasteiger partial charge in [-0.05, 0) is 29.9 Å². The molecule has 2 rings (SSSR count). The summed E-state index contributed by atoms with van der Waals surface area (Å²) in [5.74, 6) is 0. The summed E-state index contributed by atoms with van der Waals surface area (Å²) in [6, 6.07) is 7.04. The number of nitrogens with zero attached hydrogens (tertiary/aromatic N) is 3. The van der Waals surface area contributed by atoms with Crippen molar-refractivity contribution in [1.29, 1.82) is 0 Å². The van der Waals surface area contributed by atoms with Crippen LogP contribution in [0.5, 0.6) is 0 Å². The maximum Gasteiger partial charge on any atom is 0.293 e. The zero-order chi connectivity index (χ0) is 12.3. The molecule has 0 bridgehead atoms. The molecule has 0 atom stereocenters. The highest BCUT2D eigenvalue weighted by Crippen LogP contribution is 2.07. The van der Waals surface area contributed by atoms with Gasteiger partial charge in [0, 0.05) is 5.02 Å². The molecule has 0 aliphatic carbocycles. The van der Waals surface area contributed by atoms with Gasteiger partial charge in [-0.1, -0.05) is 23.7 Å². The molecule has 0 fully saturated rings. The van der Waals surface area contributed by atoms with Crippen LogP contribution in [0, 0.1) is 4.77 Å². The second-order valence-electron chi connectivity index (χ2n) is 3.12. The average Bonchev–Trinajstić information content (AvgIpc) is 2.31. The third-order valence-corrected chi connectivity index (χ3v) is 2.44. The Labute approximate surface area is 106 Å². The zero-order valence-electron chi connectivity index (χ0n) is 8.50. The first-order chi connectivity index (χ1) is 8.16. The van der Waals surface area contributed by atoms with Gasteiger partial charge < -0.3 is 0 Å². The van der Waals surface area contributed by atoms with E-state index in [1.54, 1.807) is 24.3 Å². The van der Waals surface area contributed by atoms with Gasteiger partial charge in [-0.25, -0.2) is 0 Å². The largest absolute Gasteiger partial charge is 0.293 e. The number of halogens is 1. The number of benzene rings is 1. The molecule has 0 amide bonds. The molecule has 0 aliphatic rings. The summed E-state index contributed by atoms with van der Waals surface area (Å²) in [6.45, 7) is 0. The van der Waals surface area contributed by atoms with Crippen LogP contribution in [0.25, 0.3) is 0 Å². The Bertz CT molecular complexity index is 631. The van der Waals surface area contributed by atoms with Crippen molar-refractivity contribution in [3.8, 4) is 0 Å². The number of rotatable bonds is 2. The second-order valence-corrected chi connectivity index (χ2v) is 3.94. The molecule has 17 heavy (non-hydrogen) atoms. The molecule has 0 aliphatic heterocycles. The Morgan fingerprint density at radius 3 is 2.76 bits per heavy atom. The van der Waals surface area contributed by atoms with E-state index in [2.05, 4.69) is 15.3 Å². The highest BCUT2D eigenvalue weighted by molar-refractivity contribution is 7.71. The molecular weight excluding hydrogens is 260 g/mol. The predicted molar refractivity (Wildman–Crippen MR) is 68.1 cm³/mol. The van der Waals surface area contributed by atoms with Crippen molar-refractivity contribution in [3.05, 3.63) is 56.2 Å². The minimum atomic E-state index is -0.390. The van der Waals surface area contributed by atoms with Gasteiger partial charge in [0.15, 0.2) is 0 Å². The van der Waals surface area contributed by atoms with Crippen molar-refractivity contribution >= 4 is 30.0 Å². The Hall–Kier alpha value is -1.79. The topological polar surface area (TPSA) is 63.0 Å². The number of aromatic amines is 1. The number of nitrogens with one attached hydrogen (secondary N) is 1. The molecule has 5 nitrogen and oxygen atoms in total. The smallest absolute Gasteiger partial charge is 0.265 e. The molecule has 0 radical (unpaired) electrons. The summed E-state index contributed by atoms with van der Waals surface area (Å²) in [5.41, 5.74) is 0.423. The second kappa shape index (κ2) is 5.03. The van der Waals surface area contributed by atoms with Gasteiger partial charge in [0.2, 0.25) is 4.77 Å². The SMILES string of the molecule is O=c1cn[nH]c(=S)n1/N=C/c1ccc(Cl)cc1. The van der Waals surface area contributed by atoms with E-state index in [4.69, 9.17) is 23.8 Å². The molecule has 0 saturated carbocycles. The van der Waals surface area contributed by atoms with Crippen LogP contribution in [0.15, 0.2) is 40.4 Å². The minimum absolute atomic E-state index is 0.141. The van der Waals surface area contributed by atoms with Crippen LogP contribution < -0.4 is 5.56 Å². The van der Waals surface area contributed by atoms with Crippen LogP contribution in [0.3, 0.4) is 0 Å². The highest BCUT2D eigenvalue weighted by atomic mass is 35.5. The summed E-state index contributed by atoms with van der Waals surface area (Å²) >= 11 is 10.6. The van der Waals surface area contributed by atoms with E-state index in [1.807, 2.05) is 0 Å². The molecular formula is C10H7ClN4OS. The number of hydrogen-bond acceptors (Lipinski definition) is 4. The lowest BCUT2D eigenvalue weighted by atomic mass is 10.2. The molecule has 86 valence electrons. The third-order valence-electron chi connectivity index (χ3n) is 1.93. The van der Waals surface area contributed by atoms with E-state index in [9.17, 15) is 4.79 Å². The number of H-pyrrole nitrogens is 1. The predicted octanol–water partition coefficient (Wildman–Crippen LogP) is 1.84. The van der Waals surface area contributed by atoms with E-state index >= 15 is 0 Å². The third kappa shape index (κ3) is 2.86. The van der Waals surface area contributed by atoms with Crippen LogP contribution in [0.1, 0.15) is 5.56 Å². The average molecular weight is 267 g/mol. The quantitative estimate of drug-likeness (QED) is 0.666. The van der Waals surface area contributed by atoms with Gasteiger partial charge in [-0.2, -0.15) is 14.9 Å². The first kappa shape index (κ1) is 11.7. The minimum Gasteiger partial charge on any atom is -0.265 e. The normalized spacial score (nSPS) is 10.9. The van der Waals surface area contributed by atoms with Crippen LogP contribution in [-0.4, -0.2) is 21.1 Å². The van der Waals surface area contributed by atoms with Crippen LogP contribution >= 0.6 is 23.8 Å². The Morgan fingerprint density at radius 2 is 2.12 bits per heavy atom. The summed E-state index contributed by atoms with van der Waals surface area (Å²) in [4.78, 5) is 11.4. The molecule has 7 heteroatoms. The van der Waals surface area contributed by atoms with E-state index in [-0.39, 0.29) is 10.3 Å². The van der Waals surface area contributed by atoms with Crippen LogP contribution in [0.4, 0.5) is 0 Å². The molecule has 2 aromatic rings. The van der Waals surface area contributed by atoms with Gasteiger partial charge in [-0.15, -0.1) is 0 Å². The Kier molecular flexibility index (Phi) is 3.46. The molecule has 0 spiro atoms. The molecule has 0 saturated heterocycles. The first-order valence-corrected chi connectivity index (χ1v) is 5.42. The van der Waals surface area contributed by atoms with Gasteiger partial charge in [0.05, 0.1) is 6.21 Å². The Morgan fingerprint density at radius 1 is 1.41 bits per heavy atom. The van der Waals surface area contributed by atoms with Crippen molar-refractivity contribution < 1.29 is 0 Å². The van der Waals surface area contributed by atoms with Crippen molar-refractivity contribution in [2.45, 2.75) is 0 Å². The molecule has 1 N–H and O–H groups in total. The fraction of sp³-hybridized carbons (Fsp3) is 0. The van der Waals surface area contributed by atoms with Gasteiger partial charge >= 0.3 is 0 Å². The number of aromatic nitrogens is 3. The van der Waals surface area contributed by atoms with Crippen molar-refractivity contribution in [1.82, 2.24) is 14.9 Å². The lowest BCUT2D eigenvalue weighted by Gasteiger charge is -1.96. The van der Waals surface area contributed by atoms with Crippen molar-refractivity contribution in [2.75, 3.05) is 0 Å². The van der Waals surface area contributed by atoms with E-state index in [0.717, 1.165) is 16.4 Å². The maximum atomic E-state index is 11.4. The van der Waals surface area contributed by atoms with E-state index in [0.29, 0.717) is 5.02 Å². The number of hydrogen-bond donors (Lipinski definition) is 1. The monoisotopic (exact) mass is 266 g/mol. The van der Waals surface area contributed by atoms with Gasteiger partial charge in [0.1, 0.15) is 6.20 Å². The molecule has 0 unspecified atom stereocenters. The fourth-order valence-corrected chi connectivity index (χ4v) is 1.44. The van der Waals surface area contributed by atoms with Crippen molar-refractivity contribution in [3.63, 3.8) is 0 Å². The lowest BCUT2D eigenvalue weighted by molar-refractivity contribution is 0.738. The fourth-order valence-electron chi connectivity index (χ4n) is 1.13. The van der Waals surface area contributed by atoms with Gasteiger partial charge in [-0.3, -0.25) is 9.89 Å². The summed E-state index contributed by atoms with van der Waals surface area (Å²) < 4.78 is 1.19. The summed E-state index contributed by atoms with van der Waals surface area (Å²) in [7, 11) is 0. The van der Waals surface area contributed by atoms with Crippen LogP contribution in [0.2, 0.25) is 5.02 Å². The molecule has 1 heterocycles. The molecule has 1 aromatic carbocycles. The standard InChI is InChI=1S/C10H7ClN4OS/c11-8-3-1-7(2-4-8)5-13-15-9(16)6-12-14-10(15)17/h1-6H,(H,14,17)/b13-5+. The van der Waals surface area contributed by atoms with E-state index < -0.39 is 0 Å². The summed E-state index contributed by atoms with van der Waals surface area (Å²) in [6.07, 6.45) is 2.62. The summed E-state index contributed by atoms with van der Waals surface area (Å²) in [5, 5.41) is 10.6. The zero-order valence-corrected chi connectivity index (χ0v) is 10.1. The van der Waals surface area contributed by atoms with Crippen molar-refractivity contribution in [2.24, 2.45) is 5.10 Å².